The average Bonchev–Trinajstić information content (AvgIpc) is 2.72. The van der Waals surface area contributed by atoms with Gasteiger partial charge in [0.25, 0.3) is 0 Å². The number of ether oxygens (including phenoxy) is 2. The molecule has 1 atom stereocenters. The SMILES string of the molecule is CCN(CC)CCOc1ccc(CNC(=NC)NC(C)CCS(C)(=O)=O)cc1OC. The third-order valence-electron chi connectivity index (χ3n) is 4.78. The number of guanidine groups is 1. The minimum absolute atomic E-state index is 0.0120. The predicted octanol–water partition coefficient (Wildman–Crippen LogP) is 1.90. The van der Waals surface area contributed by atoms with Crippen molar-refractivity contribution >= 4 is 15.8 Å². The predicted molar refractivity (Wildman–Crippen MR) is 123 cm³/mol. The van der Waals surface area contributed by atoms with E-state index < -0.39 is 9.84 Å². The van der Waals surface area contributed by atoms with Crippen LogP contribution in [0.4, 0.5) is 0 Å². The number of nitrogens with zero attached hydrogens (tertiary/aromatic N) is 2. The van der Waals surface area contributed by atoms with Crippen LogP contribution in [0.25, 0.3) is 0 Å². The van der Waals surface area contributed by atoms with Crippen molar-refractivity contribution in [3.63, 3.8) is 0 Å². The summed E-state index contributed by atoms with van der Waals surface area (Å²) in [5.74, 6) is 2.18. The van der Waals surface area contributed by atoms with E-state index in [0.717, 1.165) is 30.9 Å². The number of likely N-dealkylation sites (N-methyl/N-ethyl adjacent to an activating group) is 1. The number of methoxy groups -OCH3 is 1. The summed E-state index contributed by atoms with van der Waals surface area (Å²) in [6.07, 6.45) is 1.77. The van der Waals surface area contributed by atoms with Crippen molar-refractivity contribution in [1.29, 1.82) is 0 Å². The highest BCUT2D eigenvalue weighted by Gasteiger charge is 2.11. The Bertz CT molecular complexity index is 764. The first-order chi connectivity index (χ1) is 14.2. The van der Waals surface area contributed by atoms with Gasteiger partial charge in [-0.1, -0.05) is 19.9 Å². The van der Waals surface area contributed by atoms with Gasteiger partial charge in [-0.05, 0) is 44.1 Å². The molecule has 1 unspecified atom stereocenters. The Labute approximate surface area is 182 Å². The van der Waals surface area contributed by atoms with Crippen molar-refractivity contribution in [2.45, 2.75) is 39.8 Å². The van der Waals surface area contributed by atoms with Gasteiger partial charge in [-0.15, -0.1) is 0 Å². The van der Waals surface area contributed by atoms with Crippen LogP contribution in [0.3, 0.4) is 0 Å². The summed E-state index contributed by atoms with van der Waals surface area (Å²) >= 11 is 0. The fourth-order valence-electron chi connectivity index (χ4n) is 2.84. The molecule has 8 nitrogen and oxygen atoms in total. The first-order valence-corrected chi connectivity index (χ1v) is 12.4. The van der Waals surface area contributed by atoms with Crippen molar-refractivity contribution in [2.75, 3.05) is 52.4 Å². The summed E-state index contributed by atoms with van der Waals surface area (Å²) in [6, 6.07) is 5.84. The summed E-state index contributed by atoms with van der Waals surface area (Å²) in [5, 5.41) is 6.46. The summed E-state index contributed by atoms with van der Waals surface area (Å²) in [6.45, 7) is 10.3. The minimum Gasteiger partial charge on any atom is -0.493 e. The number of hydrogen-bond donors (Lipinski definition) is 2. The molecule has 0 fully saturated rings. The van der Waals surface area contributed by atoms with Crippen LogP contribution in [0.2, 0.25) is 0 Å². The molecule has 1 aromatic rings. The maximum Gasteiger partial charge on any atom is 0.191 e. The van der Waals surface area contributed by atoms with E-state index in [4.69, 9.17) is 9.47 Å². The molecule has 1 aromatic carbocycles. The van der Waals surface area contributed by atoms with Gasteiger partial charge in [0.05, 0.1) is 12.9 Å². The summed E-state index contributed by atoms with van der Waals surface area (Å²) in [7, 11) is 0.347. The molecule has 0 radical (unpaired) electrons. The zero-order chi connectivity index (χ0) is 22.6. The lowest BCUT2D eigenvalue weighted by Crippen LogP contribution is -2.42. The van der Waals surface area contributed by atoms with Crippen molar-refractivity contribution < 1.29 is 17.9 Å². The van der Waals surface area contributed by atoms with Gasteiger partial charge >= 0.3 is 0 Å². The molecule has 30 heavy (non-hydrogen) atoms. The van der Waals surface area contributed by atoms with E-state index in [1.54, 1.807) is 14.2 Å². The zero-order valence-corrected chi connectivity index (χ0v) is 20.0. The van der Waals surface area contributed by atoms with Gasteiger partial charge in [-0.2, -0.15) is 0 Å². The number of aliphatic imine (C=N–C) groups is 1. The van der Waals surface area contributed by atoms with E-state index in [1.165, 1.54) is 6.26 Å². The van der Waals surface area contributed by atoms with Crippen LogP contribution in [0.15, 0.2) is 23.2 Å². The largest absolute Gasteiger partial charge is 0.493 e. The first-order valence-electron chi connectivity index (χ1n) is 10.4. The Balaban J connectivity index is 2.59. The number of rotatable bonds is 13. The molecule has 0 aliphatic heterocycles. The lowest BCUT2D eigenvalue weighted by atomic mass is 10.2. The second kappa shape index (κ2) is 13.3. The van der Waals surface area contributed by atoms with Gasteiger partial charge in [0.2, 0.25) is 0 Å². The normalized spacial score (nSPS) is 13.2. The Kier molecular flexibility index (Phi) is 11.6. The van der Waals surface area contributed by atoms with Crippen LogP contribution in [0.5, 0.6) is 11.5 Å². The van der Waals surface area contributed by atoms with Gasteiger partial charge < -0.3 is 25.0 Å². The van der Waals surface area contributed by atoms with Gasteiger partial charge in [0.15, 0.2) is 17.5 Å². The van der Waals surface area contributed by atoms with Crippen LogP contribution >= 0.6 is 0 Å². The molecular formula is C21H38N4O4S. The molecule has 2 N–H and O–H groups in total. The third kappa shape index (κ3) is 10.2. The van der Waals surface area contributed by atoms with Crippen LogP contribution in [0.1, 0.15) is 32.8 Å². The Morgan fingerprint density at radius 2 is 1.93 bits per heavy atom. The lowest BCUT2D eigenvalue weighted by Gasteiger charge is -2.19. The standard InChI is InChI=1S/C21H38N4O4S/c1-7-25(8-2)12-13-29-19-10-9-18(15-20(19)28-5)16-23-21(22-4)24-17(3)11-14-30(6,26)27/h9-10,15,17H,7-8,11-14,16H2,1-6H3,(H2,22,23,24). The van der Waals surface area contributed by atoms with Crippen molar-refractivity contribution in [1.82, 2.24) is 15.5 Å². The zero-order valence-electron chi connectivity index (χ0n) is 19.2. The van der Waals surface area contributed by atoms with Crippen LogP contribution in [-0.4, -0.2) is 77.7 Å². The summed E-state index contributed by atoms with van der Waals surface area (Å²) in [4.78, 5) is 6.51. The first kappa shape index (κ1) is 26.0. The van der Waals surface area contributed by atoms with E-state index >= 15 is 0 Å². The molecule has 0 aromatic heterocycles. The number of sulfone groups is 1. The third-order valence-corrected chi connectivity index (χ3v) is 5.75. The molecule has 0 spiro atoms. The van der Waals surface area contributed by atoms with E-state index in [1.807, 2.05) is 25.1 Å². The molecule has 0 saturated carbocycles. The minimum atomic E-state index is -2.97. The fourth-order valence-corrected chi connectivity index (χ4v) is 3.62. The second-order valence-corrected chi connectivity index (χ2v) is 9.51. The van der Waals surface area contributed by atoms with E-state index in [9.17, 15) is 8.42 Å². The smallest absolute Gasteiger partial charge is 0.191 e. The summed E-state index contributed by atoms with van der Waals surface area (Å²) in [5.41, 5.74) is 1.02. The van der Waals surface area contributed by atoms with Crippen LogP contribution in [0, 0.1) is 0 Å². The molecule has 0 amide bonds. The maximum absolute atomic E-state index is 11.3. The summed E-state index contributed by atoms with van der Waals surface area (Å²) < 4.78 is 34.0. The average molecular weight is 443 g/mol. The highest BCUT2D eigenvalue weighted by molar-refractivity contribution is 7.90. The molecule has 9 heteroatoms. The molecule has 0 aliphatic carbocycles. The van der Waals surface area contributed by atoms with Crippen molar-refractivity contribution in [3.05, 3.63) is 23.8 Å². The Morgan fingerprint density at radius 1 is 1.23 bits per heavy atom. The maximum atomic E-state index is 11.3. The van der Waals surface area contributed by atoms with Gasteiger partial charge in [0, 0.05) is 32.4 Å². The quantitative estimate of drug-likeness (QED) is 0.356. The molecule has 0 saturated heterocycles. The fraction of sp³-hybridized carbons (Fsp3) is 0.667. The van der Waals surface area contributed by atoms with Gasteiger partial charge in [0.1, 0.15) is 16.4 Å². The topological polar surface area (TPSA) is 92.3 Å². The van der Waals surface area contributed by atoms with Gasteiger partial charge in [-0.25, -0.2) is 8.42 Å². The van der Waals surface area contributed by atoms with Crippen LogP contribution in [-0.2, 0) is 16.4 Å². The molecule has 1 rings (SSSR count). The molecule has 0 bridgehead atoms. The van der Waals surface area contributed by atoms with E-state index in [-0.39, 0.29) is 11.8 Å². The number of hydrogen-bond acceptors (Lipinski definition) is 6. The monoisotopic (exact) mass is 442 g/mol. The highest BCUT2D eigenvalue weighted by Crippen LogP contribution is 2.28. The molecule has 172 valence electrons. The number of benzene rings is 1. The van der Waals surface area contributed by atoms with Gasteiger partial charge in [-0.3, -0.25) is 4.99 Å². The van der Waals surface area contributed by atoms with Crippen molar-refractivity contribution in [3.8, 4) is 11.5 Å². The van der Waals surface area contributed by atoms with E-state index in [0.29, 0.717) is 31.3 Å². The lowest BCUT2D eigenvalue weighted by molar-refractivity contribution is 0.217. The second-order valence-electron chi connectivity index (χ2n) is 7.25. The van der Waals surface area contributed by atoms with Crippen LogP contribution < -0.4 is 20.1 Å². The van der Waals surface area contributed by atoms with Crippen molar-refractivity contribution in [2.24, 2.45) is 4.99 Å². The highest BCUT2D eigenvalue weighted by atomic mass is 32.2. The molecule has 0 aliphatic rings. The molecule has 0 heterocycles. The number of nitrogens with one attached hydrogen (secondary N) is 2. The Hall–Kier alpha value is -2.00. The van der Waals surface area contributed by atoms with E-state index in [2.05, 4.69) is 34.4 Å². The molecular weight excluding hydrogens is 404 g/mol. The Morgan fingerprint density at radius 3 is 2.50 bits per heavy atom.